The molecule has 1 aromatic carbocycles. The number of anilines is 2. The largest absolute Gasteiger partial charge is 0.302 e. The molecule has 9 heteroatoms. The fraction of sp³-hybridized carbons (Fsp3) is 0.524. The molecule has 0 saturated carbocycles. The SMILES string of the molecule is CCCN1CC(C(=O)Nc2nnc(C(C)C)s2)C2NN(c3ccccc3)C(=O)C2C1. The molecular formula is C21H28N6O2S. The fourth-order valence-electron chi connectivity index (χ4n) is 4.17. The Kier molecular flexibility index (Phi) is 6.12. The minimum atomic E-state index is -0.362. The van der Waals surface area contributed by atoms with Gasteiger partial charge in [-0.3, -0.25) is 9.59 Å². The van der Waals surface area contributed by atoms with Gasteiger partial charge in [0.15, 0.2) is 0 Å². The van der Waals surface area contributed by atoms with Crippen LogP contribution in [0.3, 0.4) is 0 Å². The number of amides is 2. The second-order valence-corrected chi connectivity index (χ2v) is 9.24. The first-order valence-electron chi connectivity index (χ1n) is 10.5. The highest BCUT2D eigenvalue weighted by atomic mass is 32.1. The molecule has 4 rings (SSSR count). The predicted molar refractivity (Wildman–Crippen MR) is 117 cm³/mol. The highest BCUT2D eigenvalue weighted by Crippen LogP contribution is 2.33. The van der Waals surface area contributed by atoms with E-state index in [9.17, 15) is 9.59 Å². The highest BCUT2D eigenvalue weighted by Gasteiger charge is 2.50. The fourth-order valence-corrected chi connectivity index (χ4v) is 4.92. The summed E-state index contributed by atoms with van der Waals surface area (Å²) >= 11 is 1.40. The monoisotopic (exact) mass is 428 g/mol. The first-order chi connectivity index (χ1) is 14.5. The molecule has 3 atom stereocenters. The molecule has 3 unspecified atom stereocenters. The molecule has 2 N–H and O–H groups in total. The molecule has 2 fully saturated rings. The number of carbonyl (C=O) groups is 2. The molecule has 2 aliphatic rings. The van der Waals surface area contributed by atoms with E-state index in [0.29, 0.717) is 18.2 Å². The van der Waals surface area contributed by atoms with Gasteiger partial charge in [-0.25, -0.2) is 10.4 Å². The summed E-state index contributed by atoms with van der Waals surface area (Å²) in [6.07, 6.45) is 0.976. The third kappa shape index (κ3) is 4.10. The van der Waals surface area contributed by atoms with E-state index in [0.717, 1.165) is 23.7 Å². The van der Waals surface area contributed by atoms with Gasteiger partial charge in [-0.2, -0.15) is 0 Å². The number of hydrazine groups is 1. The van der Waals surface area contributed by atoms with E-state index in [2.05, 4.69) is 32.8 Å². The van der Waals surface area contributed by atoms with Gasteiger partial charge in [0.25, 0.3) is 0 Å². The Balaban J connectivity index is 1.55. The Morgan fingerprint density at radius 3 is 2.70 bits per heavy atom. The molecule has 0 aliphatic carbocycles. The van der Waals surface area contributed by atoms with Crippen LogP contribution in [0.1, 0.15) is 38.1 Å². The zero-order valence-electron chi connectivity index (χ0n) is 17.5. The van der Waals surface area contributed by atoms with Crippen LogP contribution in [-0.2, 0) is 9.59 Å². The lowest BCUT2D eigenvalue weighted by atomic mass is 9.84. The van der Waals surface area contributed by atoms with Gasteiger partial charge in [0.1, 0.15) is 5.01 Å². The van der Waals surface area contributed by atoms with Crippen LogP contribution in [0.5, 0.6) is 0 Å². The van der Waals surface area contributed by atoms with Crippen molar-refractivity contribution >= 4 is 34.0 Å². The van der Waals surface area contributed by atoms with Crippen LogP contribution >= 0.6 is 11.3 Å². The zero-order chi connectivity index (χ0) is 21.3. The average Bonchev–Trinajstić information content (AvgIpc) is 3.34. The zero-order valence-corrected chi connectivity index (χ0v) is 18.4. The Morgan fingerprint density at radius 2 is 2.03 bits per heavy atom. The summed E-state index contributed by atoms with van der Waals surface area (Å²) in [7, 11) is 0. The molecule has 30 heavy (non-hydrogen) atoms. The number of hydrogen-bond donors (Lipinski definition) is 2. The average molecular weight is 429 g/mol. The van der Waals surface area contributed by atoms with Gasteiger partial charge < -0.3 is 10.2 Å². The summed E-state index contributed by atoms with van der Waals surface area (Å²) < 4.78 is 0. The van der Waals surface area contributed by atoms with Gasteiger partial charge in [0, 0.05) is 19.0 Å². The van der Waals surface area contributed by atoms with Crippen LogP contribution in [0.25, 0.3) is 0 Å². The van der Waals surface area contributed by atoms with Crippen molar-refractivity contribution in [2.45, 2.75) is 39.2 Å². The molecule has 160 valence electrons. The highest BCUT2D eigenvalue weighted by molar-refractivity contribution is 7.15. The van der Waals surface area contributed by atoms with Gasteiger partial charge in [0.05, 0.1) is 23.6 Å². The van der Waals surface area contributed by atoms with Crippen LogP contribution in [0, 0.1) is 11.8 Å². The molecule has 0 radical (unpaired) electrons. The lowest BCUT2D eigenvalue weighted by Crippen LogP contribution is -2.56. The number of carbonyl (C=O) groups excluding carboxylic acids is 2. The number of nitrogens with zero attached hydrogens (tertiary/aromatic N) is 4. The minimum Gasteiger partial charge on any atom is -0.302 e. The Morgan fingerprint density at radius 1 is 1.27 bits per heavy atom. The van der Waals surface area contributed by atoms with Gasteiger partial charge >= 0.3 is 0 Å². The third-order valence-electron chi connectivity index (χ3n) is 5.65. The van der Waals surface area contributed by atoms with E-state index < -0.39 is 0 Å². The normalized spacial score (nSPS) is 24.3. The number of aromatic nitrogens is 2. The predicted octanol–water partition coefficient (Wildman–Crippen LogP) is 2.48. The van der Waals surface area contributed by atoms with Crippen LogP contribution in [-0.4, -0.2) is 52.6 Å². The van der Waals surface area contributed by atoms with Gasteiger partial charge in [-0.15, -0.1) is 10.2 Å². The minimum absolute atomic E-state index is 0.0165. The second kappa shape index (κ2) is 8.79. The molecule has 2 amide bonds. The summed E-state index contributed by atoms with van der Waals surface area (Å²) in [4.78, 5) is 28.6. The Bertz CT molecular complexity index is 902. The summed E-state index contributed by atoms with van der Waals surface area (Å²) in [5, 5.41) is 14.2. The number of likely N-dealkylation sites (tertiary alicyclic amines) is 1. The first kappa shape index (κ1) is 20.9. The van der Waals surface area contributed by atoms with Crippen molar-refractivity contribution in [2.24, 2.45) is 11.8 Å². The molecule has 0 bridgehead atoms. The standard InChI is InChI=1S/C21H28N6O2S/c1-4-10-26-11-15(18(28)22-21-24-23-19(30-21)13(2)3)17-16(12-26)20(29)27(25-17)14-8-6-5-7-9-14/h5-9,13,15-17,25H,4,10-12H2,1-3H3,(H,22,24,28). The summed E-state index contributed by atoms with van der Waals surface area (Å²) in [5.74, 6) is -0.461. The van der Waals surface area contributed by atoms with E-state index in [1.54, 1.807) is 5.01 Å². The van der Waals surface area contributed by atoms with Crippen LogP contribution in [0.2, 0.25) is 0 Å². The number of rotatable bonds is 6. The van der Waals surface area contributed by atoms with E-state index >= 15 is 0 Å². The quantitative estimate of drug-likeness (QED) is 0.735. The number of hydrogen-bond acceptors (Lipinski definition) is 7. The lowest BCUT2D eigenvalue weighted by Gasteiger charge is -2.38. The third-order valence-corrected chi connectivity index (χ3v) is 6.79. The van der Waals surface area contributed by atoms with Crippen LogP contribution < -0.4 is 15.8 Å². The van der Waals surface area contributed by atoms with Crippen molar-refractivity contribution < 1.29 is 9.59 Å². The van der Waals surface area contributed by atoms with Crippen molar-refractivity contribution in [2.75, 3.05) is 30.0 Å². The maximum absolute atomic E-state index is 13.2. The first-order valence-corrected chi connectivity index (χ1v) is 11.3. The smallest absolute Gasteiger partial charge is 0.247 e. The maximum Gasteiger partial charge on any atom is 0.247 e. The maximum atomic E-state index is 13.2. The van der Waals surface area contributed by atoms with Crippen molar-refractivity contribution in [3.05, 3.63) is 35.3 Å². The van der Waals surface area contributed by atoms with Crippen molar-refractivity contribution in [1.29, 1.82) is 0 Å². The molecular weight excluding hydrogens is 400 g/mol. The van der Waals surface area contributed by atoms with Crippen LogP contribution in [0.4, 0.5) is 10.8 Å². The Labute approximate surface area is 180 Å². The topological polar surface area (TPSA) is 90.5 Å². The molecule has 2 aromatic rings. The number of benzene rings is 1. The van der Waals surface area contributed by atoms with E-state index in [-0.39, 0.29) is 35.6 Å². The number of para-hydroxylation sites is 1. The number of piperidine rings is 1. The summed E-state index contributed by atoms with van der Waals surface area (Å²) in [5.41, 5.74) is 4.12. The number of nitrogens with one attached hydrogen (secondary N) is 2. The Hall–Kier alpha value is -2.36. The second-order valence-electron chi connectivity index (χ2n) is 8.23. The van der Waals surface area contributed by atoms with Crippen molar-refractivity contribution in [3.63, 3.8) is 0 Å². The molecule has 3 heterocycles. The molecule has 1 aromatic heterocycles. The molecule has 0 spiro atoms. The van der Waals surface area contributed by atoms with Crippen LogP contribution in [0.15, 0.2) is 30.3 Å². The lowest BCUT2D eigenvalue weighted by molar-refractivity contribution is -0.126. The van der Waals surface area contributed by atoms with Gasteiger partial charge in [0.2, 0.25) is 16.9 Å². The van der Waals surface area contributed by atoms with Gasteiger partial charge in [-0.1, -0.05) is 50.3 Å². The van der Waals surface area contributed by atoms with E-state index in [4.69, 9.17) is 0 Å². The summed E-state index contributed by atoms with van der Waals surface area (Å²) in [6.45, 7) is 8.34. The number of fused-ring (bicyclic) bond motifs is 1. The molecule has 2 saturated heterocycles. The summed E-state index contributed by atoms with van der Waals surface area (Å²) in [6, 6.07) is 9.28. The molecule has 8 nitrogen and oxygen atoms in total. The molecule has 2 aliphatic heterocycles. The van der Waals surface area contributed by atoms with Gasteiger partial charge in [-0.05, 0) is 25.1 Å². The van der Waals surface area contributed by atoms with E-state index in [1.165, 1.54) is 11.3 Å². The van der Waals surface area contributed by atoms with E-state index in [1.807, 2.05) is 44.2 Å². The van der Waals surface area contributed by atoms with Crippen molar-refractivity contribution in [3.8, 4) is 0 Å². The van der Waals surface area contributed by atoms with Crippen molar-refractivity contribution in [1.82, 2.24) is 20.5 Å².